The Bertz CT molecular complexity index is 691. The van der Waals surface area contributed by atoms with Gasteiger partial charge in [-0.3, -0.25) is 4.79 Å². The van der Waals surface area contributed by atoms with Crippen LogP contribution in [-0.2, 0) is 6.42 Å². The summed E-state index contributed by atoms with van der Waals surface area (Å²) in [5, 5.41) is 0. The lowest BCUT2D eigenvalue weighted by Gasteiger charge is -2.10. The second-order valence-corrected chi connectivity index (χ2v) is 4.82. The molecule has 0 aliphatic carbocycles. The van der Waals surface area contributed by atoms with Crippen molar-refractivity contribution in [3.8, 4) is 17.2 Å². The van der Waals surface area contributed by atoms with Crippen LogP contribution in [0.15, 0.2) is 36.4 Å². The van der Waals surface area contributed by atoms with Gasteiger partial charge in [-0.05, 0) is 42.0 Å². The average molecular weight is 284 g/mol. The molecular weight excluding hydrogens is 268 g/mol. The third-order valence-electron chi connectivity index (χ3n) is 3.60. The average Bonchev–Trinajstić information content (AvgIpc) is 3.01. The molecule has 0 spiro atoms. The second-order valence-electron chi connectivity index (χ2n) is 4.82. The van der Waals surface area contributed by atoms with Crippen molar-refractivity contribution >= 4 is 5.78 Å². The van der Waals surface area contributed by atoms with Crippen molar-refractivity contribution in [3.05, 3.63) is 53.1 Å². The molecule has 1 aliphatic rings. The van der Waals surface area contributed by atoms with Crippen molar-refractivity contribution in [1.29, 1.82) is 0 Å². The third-order valence-corrected chi connectivity index (χ3v) is 3.60. The van der Waals surface area contributed by atoms with E-state index in [-0.39, 0.29) is 5.78 Å². The maximum atomic E-state index is 12.7. The molecule has 0 saturated heterocycles. The molecule has 0 amide bonds. The number of carbonyl (C=O) groups excluding carboxylic acids is 1. The minimum Gasteiger partial charge on any atom is -0.497 e. The summed E-state index contributed by atoms with van der Waals surface area (Å²) in [6.45, 7) is 0.676. The molecule has 0 saturated carbocycles. The van der Waals surface area contributed by atoms with Crippen LogP contribution in [-0.4, -0.2) is 26.6 Å². The monoisotopic (exact) mass is 284 g/mol. The highest BCUT2D eigenvalue weighted by Crippen LogP contribution is 2.30. The SMILES string of the molecule is COc1ccc(OC)c(C(=O)c2ccc3c(c2)CCO3)c1. The molecule has 0 unspecified atom stereocenters. The summed E-state index contributed by atoms with van der Waals surface area (Å²) < 4.78 is 15.9. The van der Waals surface area contributed by atoms with E-state index < -0.39 is 0 Å². The van der Waals surface area contributed by atoms with Crippen LogP contribution in [0.2, 0.25) is 0 Å². The van der Waals surface area contributed by atoms with E-state index in [0.29, 0.717) is 29.2 Å². The molecule has 2 aromatic carbocycles. The van der Waals surface area contributed by atoms with Crippen molar-refractivity contribution in [2.24, 2.45) is 0 Å². The highest BCUT2D eigenvalue weighted by molar-refractivity contribution is 6.11. The molecule has 1 heterocycles. The number of rotatable bonds is 4. The number of ketones is 1. The Morgan fingerprint density at radius 2 is 1.95 bits per heavy atom. The van der Waals surface area contributed by atoms with Crippen molar-refractivity contribution in [3.63, 3.8) is 0 Å². The second kappa shape index (κ2) is 5.48. The molecular formula is C17H16O4. The van der Waals surface area contributed by atoms with E-state index in [1.165, 1.54) is 0 Å². The summed E-state index contributed by atoms with van der Waals surface area (Å²) in [7, 11) is 3.12. The van der Waals surface area contributed by atoms with Gasteiger partial charge in [0.25, 0.3) is 0 Å². The van der Waals surface area contributed by atoms with E-state index in [9.17, 15) is 4.79 Å². The van der Waals surface area contributed by atoms with Gasteiger partial charge in [-0.1, -0.05) is 0 Å². The maximum absolute atomic E-state index is 12.7. The Labute approximate surface area is 123 Å². The van der Waals surface area contributed by atoms with Crippen molar-refractivity contribution < 1.29 is 19.0 Å². The first-order chi connectivity index (χ1) is 10.2. The van der Waals surface area contributed by atoms with E-state index in [0.717, 1.165) is 17.7 Å². The summed E-state index contributed by atoms with van der Waals surface area (Å²) in [4.78, 5) is 12.7. The van der Waals surface area contributed by atoms with Crippen LogP contribution in [0.5, 0.6) is 17.2 Å². The predicted octanol–water partition coefficient (Wildman–Crippen LogP) is 2.87. The van der Waals surface area contributed by atoms with Gasteiger partial charge in [0, 0.05) is 12.0 Å². The quantitative estimate of drug-likeness (QED) is 0.810. The topological polar surface area (TPSA) is 44.8 Å². The molecule has 0 N–H and O–H groups in total. The van der Waals surface area contributed by atoms with Crippen LogP contribution >= 0.6 is 0 Å². The Kier molecular flexibility index (Phi) is 3.52. The summed E-state index contributed by atoms with van der Waals surface area (Å²) >= 11 is 0. The van der Waals surface area contributed by atoms with Crippen LogP contribution in [0.4, 0.5) is 0 Å². The lowest BCUT2D eigenvalue weighted by atomic mass is 9.99. The molecule has 2 aromatic rings. The lowest BCUT2D eigenvalue weighted by Crippen LogP contribution is -2.05. The predicted molar refractivity (Wildman–Crippen MR) is 78.6 cm³/mol. The zero-order chi connectivity index (χ0) is 14.8. The van der Waals surface area contributed by atoms with E-state index >= 15 is 0 Å². The fourth-order valence-electron chi connectivity index (χ4n) is 2.47. The number of ether oxygens (including phenoxy) is 3. The fraction of sp³-hybridized carbons (Fsp3) is 0.235. The molecule has 21 heavy (non-hydrogen) atoms. The van der Waals surface area contributed by atoms with Gasteiger partial charge >= 0.3 is 0 Å². The van der Waals surface area contributed by atoms with Crippen LogP contribution in [0.1, 0.15) is 21.5 Å². The Morgan fingerprint density at radius 1 is 1.10 bits per heavy atom. The van der Waals surface area contributed by atoms with Gasteiger partial charge in [0.15, 0.2) is 5.78 Å². The third kappa shape index (κ3) is 2.44. The van der Waals surface area contributed by atoms with E-state index in [1.807, 2.05) is 12.1 Å². The minimum absolute atomic E-state index is 0.0829. The molecule has 0 aromatic heterocycles. The van der Waals surface area contributed by atoms with Gasteiger partial charge < -0.3 is 14.2 Å². The molecule has 3 rings (SSSR count). The summed E-state index contributed by atoms with van der Waals surface area (Å²) in [5.41, 5.74) is 2.20. The van der Waals surface area contributed by atoms with Gasteiger partial charge in [-0.25, -0.2) is 0 Å². The van der Waals surface area contributed by atoms with E-state index in [1.54, 1.807) is 38.5 Å². The highest BCUT2D eigenvalue weighted by atomic mass is 16.5. The van der Waals surface area contributed by atoms with Gasteiger partial charge in [-0.2, -0.15) is 0 Å². The van der Waals surface area contributed by atoms with Crippen LogP contribution in [0.25, 0.3) is 0 Å². The molecule has 4 nitrogen and oxygen atoms in total. The Morgan fingerprint density at radius 3 is 2.71 bits per heavy atom. The first kappa shape index (κ1) is 13.5. The van der Waals surface area contributed by atoms with Gasteiger partial charge in [0.2, 0.25) is 0 Å². The Hall–Kier alpha value is -2.49. The van der Waals surface area contributed by atoms with Gasteiger partial charge in [0.05, 0.1) is 26.4 Å². The number of fused-ring (bicyclic) bond motifs is 1. The molecule has 0 atom stereocenters. The number of methoxy groups -OCH3 is 2. The largest absolute Gasteiger partial charge is 0.497 e. The summed E-state index contributed by atoms with van der Waals surface area (Å²) in [5.74, 6) is 1.95. The lowest BCUT2D eigenvalue weighted by molar-refractivity contribution is 0.103. The van der Waals surface area contributed by atoms with Crippen molar-refractivity contribution in [2.75, 3.05) is 20.8 Å². The summed E-state index contributed by atoms with van der Waals surface area (Å²) in [6, 6.07) is 10.7. The first-order valence-corrected chi connectivity index (χ1v) is 6.75. The minimum atomic E-state index is -0.0829. The highest BCUT2D eigenvalue weighted by Gasteiger charge is 2.19. The smallest absolute Gasteiger partial charge is 0.196 e. The van der Waals surface area contributed by atoms with E-state index in [2.05, 4.69) is 0 Å². The Balaban J connectivity index is 2.01. The molecule has 0 bridgehead atoms. The van der Waals surface area contributed by atoms with Crippen LogP contribution in [0, 0.1) is 0 Å². The number of benzene rings is 2. The maximum Gasteiger partial charge on any atom is 0.196 e. The van der Waals surface area contributed by atoms with Gasteiger partial charge in [0.1, 0.15) is 17.2 Å². The number of carbonyl (C=O) groups is 1. The number of hydrogen-bond donors (Lipinski definition) is 0. The first-order valence-electron chi connectivity index (χ1n) is 6.75. The normalized spacial score (nSPS) is 12.5. The molecule has 108 valence electrons. The number of hydrogen-bond acceptors (Lipinski definition) is 4. The van der Waals surface area contributed by atoms with Crippen LogP contribution in [0.3, 0.4) is 0 Å². The molecule has 0 radical (unpaired) electrons. The van der Waals surface area contributed by atoms with Gasteiger partial charge in [-0.15, -0.1) is 0 Å². The molecule has 4 heteroatoms. The van der Waals surface area contributed by atoms with Crippen molar-refractivity contribution in [1.82, 2.24) is 0 Å². The standard InChI is InChI=1S/C17H16O4/c1-19-13-4-6-16(20-2)14(10-13)17(18)12-3-5-15-11(9-12)7-8-21-15/h3-6,9-10H,7-8H2,1-2H3. The summed E-state index contributed by atoms with van der Waals surface area (Å²) in [6.07, 6.45) is 0.839. The van der Waals surface area contributed by atoms with Crippen LogP contribution < -0.4 is 14.2 Å². The van der Waals surface area contributed by atoms with Crippen molar-refractivity contribution in [2.45, 2.75) is 6.42 Å². The van der Waals surface area contributed by atoms with E-state index in [4.69, 9.17) is 14.2 Å². The molecule has 0 fully saturated rings. The fourth-order valence-corrected chi connectivity index (χ4v) is 2.47. The zero-order valence-corrected chi connectivity index (χ0v) is 12.0. The molecule has 1 aliphatic heterocycles. The zero-order valence-electron chi connectivity index (χ0n) is 12.0.